The summed E-state index contributed by atoms with van der Waals surface area (Å²) < 4.78 is 1.83. The number of aliphatic imine (C=N–C) groups is 1. The van der Waals surface area contributed by atoms with Gasteiger partial charge in [-0.15, -0.1) is 0 Å². The molecule has 1 saturated heterocycles. The molecule has 2 N–H and O–H groups in total. The van der Waals surface area contributed by atoms with Crippen molar-refractivity contribution in [2.24, 2.45) is 12.0 Å². The minimum atomic E-state index is -0.0147. The van der Waals surface area contributed by atoms with E-state index >= 15 is 0 Å². The Kier molecular flexibility index (Phi) is 5.41. The zero-order chi connectivity index (χ0) is 16.1. The number of aromatic nitrogens is 2. The predicted molar refractivity (Wildman–Crippen MR) is 86.8 cm³/mol. The molecule has 0 saturated carbocycles. The van der Waals surface area contributed by atoms with Crippen LogP contribution in [0.4, 0.5) is 0 Å². The second-order valence-corrected chi connectivity index (χ2v) is 6.00. The maximum Gasteiger partial charge on any atom is 0.239 e. The van der Waals surface area contributed by atoms with E-state index in [9.17, 15) is 4.79 Å². The van der Waals surface area contributed by atoms with Gasteiger partial charge in [0.25, 0.3) is 0 Å². The van der Waals surface area contributed by atoms with Crippen molar-refractivity contribution in [1.82, 2.24) is 25.3 Å². The standard InChI is InChI=1S/C15H26N6O/c1-11(2)19-14(22)8-17-15(16-3)21-6-5-12(10-21)13-7-18-20(4)9-13/h7,9,11-12H,5-6,8,10H2,1-4H3,(H,16,17)(H,19,22). The lowest BCUT2D eigenvalue weighted by Gasteiger charge is -2.21. The number of carbonyl (C=O) groups is 1. The van der Waals surface area contributed by atoms with Gasteiger partial charge in [0.1, 0.15) is 0 Å². The summed E-state index contributed by atoms with van der Waals surface area (Å²) in [6.07, 6.45) is 5.07. The molecule has 1 amide bonds. The van der Waals surface area contributed by atoms with Crippen LogP contribution < -0.4 is 10.6 Å². The van der Waals surface area contributed by atoms with Gasteiger partial charge in [-0.25, -0.2) is 0 Å². The molecule has 1 aromatic rings. The van der Waals surface area contributed by atoms with Crippen LogP contribution >= 0.6 is 0 Å². The van der Waals surface area contributed by atoms with Crippen LogP contribution in [0.3, 0.4) is 0 Å². The molecule has 1 aliphatic rings. The zero-order valence-corrected chi connectivity index (χ0v) is 13.8. The smallest absolute Gasteiger partial charge is 0.239 e. The summed E-state index contributed by atoms with van der Waals surface area (Å²) in [7, 11) is 3.68. The first-order valence-electron chi connectivity index (χ1n) is 7.73. The summed E-state index contributed by atoms with van der Waals surface area (Å²) >= 11 is 0. The SMILES string of the molecule is CN=C(NCC(=O)NC(C)C)N1CCC(c2cnn(C)c2)C1. The van der Waals surface area contributed by atoms with Crippen molar-refractivity contribution in [2.45, 2.75) is 32.2 Å². The number of hydrogen-bond donors (Lipinski definition) is 2. The van der Waals surface area contributed by atoms with Crippen LogP contribution in [0.15, 0.2) is 17.4 Å². The highest BCUT2D eigenvalue weighted by Gasteiger charge is 2.27. The molecule has 122 valence electrons. The van der Waals surface area contributed by atoms with E-state index in [1.165, 1.54) is 5.56 Å². The van der Waals surface area contributed by atoms with E-state index in [0.717, 1.165) is 25.5 Å². The molecule has 7 heteroatoms. The van der Waals surface area contributed by atoms with Crippen molar-refractivity contribution >= 4 is 11.9 Å². The Morgan fingerprint density at radius 1 is 1.55 bits per heavy atom. The number of guanidine groups is 1. The van der Waals surface area contributed by atoms with Crippen LogP contribution in [0.5, 0.6) is 0 Å². The highest BCUT2D eigenvalue weighted by Crippen LogP contribution is 2.26. The van der Waals surface area contributed by atoms with Crippen LogP contribution in [-0.2, 0) is 11.8 Å². The number of likely N-dealkylation sites (tertiary alicyclic amines) is 1. The lowest BCUT2D eigenvalue weighted by molar-refractivity contribution is -0.120. The number of nitrogens with zero attached hydrogens (tertiary/aromatic N) is 4. The quantitative estimate of drug-likeness (QED) is 0.620. The van der Waals surface area contributed by atoms with Crippen LogP contribution in [0.25, 0.3) is 0 Å². The van der Waals surface area contributed by atoms with E-state index in [-0.39, 0.29) is 18.5 Å². The van der Waals surface area contributed by atoms with E-state index in [1.54, 1.807) is 7.05 Å². The molecular weight excluding hydrogens is 280 g/mol. The van der Waals surface area contributed by atoms with Gasteiger partial charge in [0.15, 0.2) is 5.96 Å². The number of aryl methyl sites for hydroxylation is 1. The zero-order valence-electron chi connectivity index (χ0n) is 13.8. The largest absolute Gasteiger partial charge is 0.352 e. The van der Waals surface area contributed by atoms with E-state index < -0.39 is 0 Å². The molecule has 1 aliphatic heterocycles. The first-order valence-corrected chi connectivity index (χ1v) is 7.73. The Morgan fingerprint density at radius 2 is 2.32 bits per heavy atom. The lowest BCUT2D eigenvalue weighted by Crippen LogP contribution is -2.45. The first-order chi connectivity index (χ1) is 10.5. The van der Waals surface area contributed by atoms with Crippen molar-refractivity contribution in [1.29, 1.82) is 0 Å². The molecular formula is C15H26N6O. The van der Waals surface area contributed by atoms with Crippen LogP contribution in [0.2, 0.25) is 0 Å². The van der Waals surface area contributed by atoms with Gasteiger partial charge in [0.2, 0.25) is 5.91 Å². The molecule has 0 aromatic carbocycles. The maximum atomic E-state index is 11.7. The molecule has 1 unspecified atom stereocenters. The minimum absolute atomic E-state index is 0.0147. The number of nitrogens with one attached hydrogen (secondary N) is 2. The Labute approximate surface area is 131 Å². The second-order valence-electron chi connectivity index (χ2n) is 6.00. The van der Waals surface area contributed by atoms with Gasteiger partial charge in [-0.2, -0.15) is 5.10 Å². The maximum absolute atomic E-state index is 11.7. The fraction of sp³-hybridized carbons (Fsp3) is 0.667. The van der Waals surface area contributed by atoms with E-state index in [4.69, 9.17) is 0 Å². The third-order valence-electron chi connectivity index (χ3n) is 3.75. The van der Waals surface area contributed by atoms with Gasteiger partial charge in [-0.3, -0.25) is 14.5 Å². The summed E-state index contributed by atoms with van der Waals surface area (Å²) in [5.41, 5.74) is 1.26. The predicted octanol–water partition coefficient (Wildman–Crippen LogP) is 0.309. The Bertz CT molecular complexity index is 536. The van der Waals surface area contributed by atoms with Crippen LogP contribution in [-0.4, -0.2) is 59.3 Å². The van der Waals surface area contributed by atoms with Crippen molar-refractivity contribution in [3.8, 4) is 0 Å². The monoisotopic (exact) mass is 306 g/mol. The normalized spacial score (nSPS) is 18.9. The molecule has 7 nitrogen and oxygen atoms in total. The molecule has 2 heterocycles. The fourth-order valence-electron chi connectivity index (χ4n) is 2.74. The average Bonchev–Trinajstić information content (AvgIpc) is 3.07. The summed E-state index contributed by atoms with van der Waals surface area (Å²) in [4.78, 5) is 18.2. The number of amides is 1. The Hall–Kier alpha value is -2.05. The van der Waals surface area contributed by atoms with Gasteiger partial charge >= 0.3 is 0 Å². The lowest BCUT2D eigenvalue weighted by atomic mass is 10.0. The van der Waals surface area contributed by atoms with Gasteiger partial charge in [-0.1, -0.05) is 0 Å². The third kappa shape index (κ3) is 4.22. The first kappa shape index (κ1) is 16.3. The molecule has 1 aromatic heterocycles. The van der Waals surface area contributed by atoms with E-state index in [0.29, 0.717) is 5.92 Å². The average molecular weight is 306 g/mol. The summed E-state index contributed by atoms with van der Waals surface area (Å²) in [5, 5.41) is 10.2. The Morgan fingerprint density at radius 3 is 2.91 bits per heavy atom. The van der Waals surface area contributed by atoms with Gasteiger partial charge in [0, 0.05) is 45.3 Å². The molecule has 22 heavy (non-hydrogen) atoms. The topological polar surface area (TPSA) is 74.6 Å². The molecule has 1 atom stereocenters. The molecule has 0 spiro atoms. The highest BCUT2D eigenvalue weighted by atomic mass is 16.2. The van der Waals surface area contributed by atoms with Gasteiger partial charge in [0.05, 0.1) is 12.7 Å². The summed E-state index contributed by atoms with van der Waals surface area (Å²) in [6.45, 7) is 5.98. The second kappa shape index (κ2) is 7.29. The van der Waals surface area contributed by atoms with Crippen LogP contribution in [0.1, 0.15) is 31.7 Å². The molecule has 0 aliphatic carbocycles. The third-order valence-corrected chi connectivity index (χ3v) is 3.75. The Balaban J connectivity index is 1.86. The van der Waals surface area contributed by atoms with Crippen molar-refractivity contribution < 1.29 is 4.79 Å². The van der Waals surface area contributed by atoms with Crippen LogP contribution in [0, 0.1) is 0 Å². The van der Waals surface area contributed by atoms with E-state index in [1.807, 2.05) is 31.8 Å². The van der Waals surface area contributed by atoms with Crippen molar-refractivity contribution in [3.05, 3.63) is 18.0 Å². The number of carbonyl (C=O) groups excluding carboxylic acids is 1. The molecule has 1 fully saturated rings. The molecule has 2 rings (SSSR count). The molecule has 0 bridgehead atoms. The van der Waals surface area contributed by atoms with Gasteiger partial charge < -0.3 is 15.5 Å². The number of rotatable bonds is 4. The molecule has 0 radical (unpaired) electrons. The summed E-state index contributed by atoms with van der Waals surface area (Å²) in [6, 6.07) is 0.151. The highest BCUT2D eigenvalue weighted by molar-refractivity contribution is 5.86. The van der Waals surface area contributed by atoms with Crippen molar-refractivity contribution in [3.63, 3.8) is 0 Å². The minimum Gasteiger partial charge on any atom is -0.352 e. The fourth-order valence-corrected chi connectivity index (χ4v) is 2.74. The van der Waals surface area contributed by atoms with Crippen molar-refractivity contribution in [2.75, 3.05) is 26.7 Å². The summed E-state index contributed by atoms with van der Waals surface area (Å²) in [5.74, 6) is 1.24. The number of hydrogen-bond acceptors (Lipinski definition) is 3. The van der Waals surface area contributed by atoms with E-state index in [2.05, 4.69) is 31.8 Å². The van der Waals surface area contributed by atoms with Gasteiger partial charge in [-0.05, 0) is 25.8 Å².